The fourth-order valence-corrected chi connectivity index (χ4v) is 3.19. The van der Waals surface area contributed by atoms with E-state index in [1.165, 1.54) is 12.1 Å². The van der Waals surface area contributed by atoms with Gasteiger partial charge in [0.2, 0.25) is 11.7 Å². The number of fused-ring (bicyclic) bond motifs is 1. The molecule has 1 heterocycles. The van der Waals surface area contributed by atoms with Crippen molar-refractivity contribution in [3.8, 4) is 0 Å². The van der Waals surface area contributed by atoms with E-state index in [1.54, 1.807) is 6.08 Å². The van der Waals surface area contributed by atoms with Crippen molar-refractivity contribution < 1.29 is 22.7 Å². The van der Waals surface area contributed by atoms with Gasteiger partial charge in [-0.15, -0.1) is 0 Å². The minimum Gasteiger partial charge on any atom is -0.437 e. The molecule has 6 heteroatoms. The lowest BCUT2D eigenvalue weighted by molar-refractivity contribution is -0.137. The highest BCUT2D eigenvalue weighted by molar-refractivity contribution is 6.31. The summed E-state index contributed by atoms with van der Waals surface area (Å²) in [4.78, 5) is 12.8. The smallest absolute Gasteiger partial charge is 0.416 e. The predicted molar refractivity (Wildman–Crippen MR) is 101 cm³/mol. The minimum absolute atomic E-state index is 0.0266. The third-order valence-electron chi connectivity index (χ3n) is 4.51. The summed E-state index contributed by atoms with van der Waals surface area (Å²) < 4.78 is 44.4. The number of ketones is 1. The molecule has 1 aliphatic heterocycles. The molecule has 28 heavy (non-hydrogen) atoms. The van der Waals surface area contributed by atoms with Crippen molar-refractivity contribution in [1.29, 1.82) is 0 Å². The van der Waals surface area contributed by atoms with E-state index < -0.39 is 17.5 Å². The molecule has 3 aromatic rings. The van der Waals surface area contributed by atoms with Gasteiger partial charge in [0.1, 0.15) is 0 Å². The average molecular weight is 381 g/mol. The fraction of sp³-hybridized carbons (Fsp3) is 0.0455. The average Bonchev–Trinajstić information content (AvgIpc) is 2.95. The van der Waals surface area contributed by atoms with Gasteiger partial charge in [0.15, 0.2) is 5.76 Å². The second-order valence-corrected chi connectivity index (χ2v) is 6.33. The van der Waals surface area contributed by atoms with Crippen LogP contribution in [0.3, 0.4) is 0 Å². The highest BCUT2D eigenvalue weighted by Gasteiger charge is 2.34. The Hall–Kier alpha value is -3.54. The van der Waals surface area contributed by atoms with Crippen LogP contribution in [0, 0.1) is 0 Å². The molecular weight excluding hydrogens is 367 g/mol. The molecule has 0 saturated heterocycles. The van der Waals surface area contributed by atoms with Crippen molar-refractivity contribution in [3.05, 3.63) is 95.1 Å². The van der Waals surface area contributed by atoms with Gasteiger partial charge in [-0.3, -0.25) is 4.79 Å². The van der Waals surface area contributed by atoms with E-state index in [9.17, 15) is 18.0 Å². The van der Waals surface area contributed by atoms with E-state index in [4.69, 9.17) is 10.5 Å². The maximum absolute atomic E-state index is 13.0. The van der Waals surface area contributed by atoms with Gasteiger partial charge in [0, 0.05) is 0 Å². The first kappa shape index (κ1) is 17.9. The second kappa shape index (κ2) is 6.56. The molecule has 0 fully saturated rings. The first-order valence-electron chi connectivity index (χ1n) is 8.44. The first-order valence-corrected chi connectivity index (χ1v) is 8.44. The van der Waals surface area contributed by atoms with Gasteiger partial charge >= 0.3 is 6.18 Å². The molecule has 4 rings (SSSR count). The SMILES string of the molecule is NC1=C(c2cccc(C(F)(F)F)c2)C(=O)/C(=C\c2cccc3ccccc23)O1. The Kier molecular flexibility index (Phi) is 4.19. The second-order valence-electron chi connectivity index (χ2n) is 6.33. The monoisotopic (exact) mass is 381 g/mol. The van der Waals surface area contributed by atoms with Gasteiger partial charge in [0.25, 0.3) is 0 Å². The maximum atomic E-state index is 13.0. The Bertz CT molecular complexity index is 1150. The van der Waals surface area contributed by atoms with Crippen LogP contribution in [0.2, 0.25) is 0 Å². The molecule has 0 aromatic heterocycles. The molecule has 0 bridgehead atoms. The molecule has 0 saturated carbocycles. The number of benzene rings is 3. The number of carbonyl (C=O) groups is 1. The number of Topliss-reactive ketones (excluding diaryl/α,β-unsaturated/α-hetero) is 1. The van der Waals surface area contributed by atoms with Crippen LogP contribution in [0.25, 0.3) is 22.4 Å². The number of hydrogen-bond donors (Lipinski definition) is 1. The zero-order chi connectivity index (χ0) is 19.9. The normalized spacial score (nSPS) is 16.1. The maximum Gasteiger partial charge on any atom is 0.416 e. The van der Waals surface area contributed by atoms with E-state index >= 15 is 0 Å². The summed E-state index contributed by atoms with van der Waals surface area (Å²) in [6, 6.07) is 17.7. The summed E-state index contributed by atoms with van der Waals surface area (Å²) in [7, 11) is 0. The Morgan fingerprint density at radius 3 is 2.43 bits per heavy atom. The molecule has 1 aliphatic rings. The van der Waals surface area contributed by atoms with Crippen molar-refractivity contribution in [3.63, 3.8) is 0 Å². The van der Waals surface area contributed by atoms with Crippen molar-refractivity contribution in [2.75, 3.05) is 0 Å². The number of carbonyl (C=O) groups excluding carboxylic acids is 1. The van der Waals surface area contributed by atoms with Crippen LogP contribution in [-0.4, -0.2) is 5.78 Å². The highest BCUT2D eigenvalue weighted by Crippen LogP contribution is 2.35. The summed E-state index contributed by atoms with van der Waals surface area (Å²) in [5.74, 6) is -0.790. The number of rotatable bonds is 2. The summed E-state index contributed by atoms with van der Waals surface area (Å²) in [6.07, 6.45) is -2.96. The summed E-state index contributed by atoms with van der Waals surface area (Å²) in [5.41, 5.74) is 5.72. The Morgan fingerprint density at radius 1 is 0.929 bits per heavy atom. The predicted octanol–water partition coefficient (Wildman–Crippen LogP) is 5.13. The van der Waals surface area contributed by atoms with Gasteiger partial charge < -0.3 is 10.5 Å². The quantitative estimate of drug-likeness (QED) is 0.627. The molecule has 140 valence electrons. The lowest BCUT2D eigenvalue weighted by Crippen LogP contribution is -2.07. The lowest BCUT2D eigenvalue weighted by Gasteiger charge is -2.08. The zero-order valence-corrected chi connectivity index (χ0v) is 14.5. The summed E-state index contributed by atoms with van der Waals surface area (Å²) in [5, 5.41) is 1.90. The van der Waals surface area contributed by atoms with Crippen molar-refractivity contribution >= 4 is 28.2 Å². The largest absolute Gasteiger partial charge is 0.437 e. The van der Waals surface area contributed by atoms with Crippen LogP contribution in [0.5, 0.6) is 0 Å². The van der Waals surface area contributed by atoms with Crippen molar-refractivity contribution in [1.82, 2.24) is 0 Å². The van der Waals surface area contributed by atoms with Crippen LogP contribution in [0.1, 0.15) is 16.7 Å². The Labute approximate surface area is 158 Å². The standard InChI is InChI=1S/C22H14F3NO2/c23-22(24,25)16-9-4-8-15(11-16)19-20(27)18(28-21(19)26)12-14-7-3-6-13-5-1-2-10-17(13)14/h1-12H,26H2/b18-12+. The van der Waals surface area contributed by atoms with E-state index in [0.717, 1.165) is 28.5 Å². The third kappa shape index (κ3) is 3.13. The topological polar surface area (TPSA) is 52.3 Å². The van der Waals surface area contributed by atoms with Crippen molar-refractivity contribution in [2.24, 2.45) is 5.73 Å². The number of halogens is 3. The van der Waals surface area contributed by atoms with Crippen LogP contribution in [-0.2, 0) is 15.7 Å². The zero-order valence-electron chi connectivity index (χ0n) is 14.5. The van der Waals surface area contributed by atoms with E-state index in [-0.39, 0.29) is 22.8 Å². The molecule has 0 aliphatic carbocycles. The van der Waals surface area contributed by atoms with Gasteiger partial charge in [-0.25, -0.2) is 0 Å². The summed E-state index contributed by atoms with van der Waals surface area (Å²) >= 11 is 0. The minimum atomic E-state index is -4.52. The molecule has 2 N–H and O–H groups in total. The number of alkyl halides is 3. The van der Waals surface area contributed by atoms with E-state index in [1.807, 2.05) is 42.5 Å². The number of hydrogen-bond acceptors (Lipinski definition) is 3. The highest BCUT2D eigenvalue weighted by atomic mass is 19.4. The molecule has 0 atom stereocenters. The number of allylic oxidation sites excluding steroid dienone is 1. The Morgan fingerprint density at radius 2 is 1.64 bits per heavy atom. The van der Waals surface area contributed by atoms with Gasteiger partial charge in [-0.1, -0.05) is 54.6 Å². The lowest BCUT2D eigenvalue weighted by atomic mass is 9.98. The van der Waals surface area contributed by atoms with Crippen LogP contribution >= 0.6 is 0 Å². The molecule has 3 nitrogen and oxygen atoms in total. The van der Waals surface area contributed by atoms with Crippen LogP contribution < -0.4 is 5.73 Å². The number of ether oxygens (including phenoxy) is 1. The molecule has 0 spiro atoms. The van der Waals surface area contributed by atoms with E-state index in [2.05, 4.69) is 0 Å². The Balaban J connectivity index is 1.74. The van der Waals surface area contributed by atoms with Gasteiger partial charge in [-0.05, 0) is 40.1 Å². The van der Waals surface area contributed by atoms with E-state index in [0.29, 0.717) is 0 Å². The van der Waals surface area contributed by atoms with Crippen LogP contribution in [0.15, 0.2) is 78.4 Å². The van der Waals surface area contributed by atoms with Gasteiger partial charge in [-0.2, -0.15) is 13.2 Å². The van der Waals surface area contributed by atoms with Crippen molar-refractivity contribution in [2.45, 2.75) is 6.18 Å². The molecule has 0 radical (unpaired) electrons. The third-order valence-corrected chi connectivity index (χ3v) is 4.51. The molecule has 0 amide bonds. The molecular formula is C22H14F3NO2. The van der Waals surface area contributed by atoms with Gasteiger partial charge in [0.05, 0.1) is 11.1 Å². The fourth-order valence-electron chi connectivity index (χ4n) is 3.19. The molecule has 0 unspecified atom stereocenters. The van der Waals surface area contributed by atoms with Crippen LogP contribution in [0.4, 0.5) is 13.2 Å². The summed E-state index contributed by atoms with van der Waals surface area (Å²) in [6.45, 7) is 0. The molecule has 3 aromatic carbocycles. The first-order chi connectivity index (χ1) is 13.3. The number of nitrogens with two attached hydrogens (primary N) is 1.